The van der Waals surface area contributed by atoms with Gasteiger partial charge in [-0.05, 0) is 31.1 Å². The van der Waals surface area contributed by atoms with E-state index in [-0.39, 0.29) is 0 Å². The van der Waals surface area contributed by atoms with E-state index in [0.29, 0.717) is 23.9 Å². The summed E-state index contributed by atoms with van der Waals surface area (Å²) in [5.74, 6) is 2.13. The molecule has 0 aliphatic carbocycles. The van der Waals surface area contributed by atoms with Crippen LogP contribution in [0.5, 0.6) is 0 Å². The van der Waals surface area contributed by atoms with Crippen molar-refractivity contribution >= 4 is 0 Å². The Bertz CT molecular complexity index is 273. The van der Waals surface area contributed by atoms with E-state index < -0.39 is 0 Å². The topological polar surface area (TPSA) is 28.0 Å². The van der Waals surface area contributed by atoms with Crippen molar-refractivity contribution in [2.45, 2.75) is 79.3 Å². The van der Waals surface area contributed by atoms with E-state index in [0.717, 1.165) is 12.5 Å². The van der Waals surface area contributed by atoms with Crippen LogP contribution in [0.4, 0.5) is 0 Å². The highest BCUT2D eigenvalue weighted by Gasteiger charge is 2.33. The molecule has 0 fully saturated rings. The molecule has 0 aromatic heterocycles. The Morgan fingerprint density at radius 1 is 1.00 bits per heavy atom. The first-order valence-electron chi connectivity index (χ1n) is 8.10. The maximum absolute atomic E-state index is 4.50. The molecule has 1 rings (SSSR count). The van der Waals surface area contributed by atoms with Crippen LogP contribution in [-0.4, -0.2) is 23.6 Å². The molecule has 3 heteroatoms. The number of nitrogens with zero attached hydrogens (tertiary/aromatic N) is 3. The number of hydrogen-bond donors (Lipinski definition) is 0. The quantitative estimate of drug-likeness (QED) is 0.573. The normalized spacial score (nSPS) is 24.7. The maximum atomic E-state index is 4.50. The van der Waals surface area contributed by atoms with Gasteiger partial charge in [-0.3, -0.25) is 5.01 Å². The van der Waals surface area contributed by atoms with Gasteiger partial charge >= 0.3 is 0 Å². The Labute approximate surface area is 119 Å². The lowest BCUT2D eigenvalue weighted by Crippen LogP contribution is -2.37. The van der Waals surface area contributed by atoms with Crippen LogP contribution >= 0.6 is 0 Å². The summed E-state index contributed by atoms with van der Waals surface area (Å²) in [5.41, 5.74) is 0. The molecule has 1 aliphatic rings. The van der Waals surface area contributed by atoms with Crippen molar-refractivity contribution in [3.05, 3.63) is 0 Å². The van der Waals surface area contributed by atoms with Gasteiger partial charge in [0, 0.05) is 6.54 Å². The summed E-state index contributed by atoms with van der Waals surface area (Å²) in [6.45, 7) is 14.8. The Kier molecular flexibility index (Phi) is 6.81. The van der Waals surface area contributed by atoms with E-state index in [1.807, 2.05) is 0 Å². The number of unbranched alkanes of at least 4 members (excludes halogenated alkanes) is 2. The van der Waals surface area contributed by atoms with Crippen LogP contribution in [0.2, 0.25) is 0 Å². The first kappa shape index (κ1) is 16.5. The summed E-state index contributed by atoms with van der Waals surface area (Å²) < 4.78 is 0. The maximum Gasteiger partial charge on any atom is 0.0974 e. The zero-order chi connectivity index (χ0) is 14.4. The zero-order valence-corrected chi connectivity index (χ0v) is 13.8. The predicted octanol–water partition coefficient (Wildman–Crippen LogP) is 4.93. The molecule has 1 aliphatic heterocycles. The van der Waals surface area contributed by atoms with E-state index in [1.165, 1.54) is 25.7 Å². The highest BCUT2D eigenvalue weighted by Crippen LogP contribution is 2.28. The second kappa shape index (κ2) is 7.86. The molecule has 0 saturated carbocycles. The second-order valence-electron chi connectivity index (χ2n) is 6.95. The smallest absolute Gasteiger partial charge is 0.0974 e. The van der Waals surface area contributed by atoms with Crippen molar-refractivity contribution < 1.29 is 0 Å². The molecular weight excluding hydrogens is 234 g/mol. The van der Waals surface area contributed by atoms with Gasteiger partial charge in [-0.2, -0.15) is 5.11 Å². The molecule has 0 N–H and O–H groups in total. The van der Waals surface area contributed by atoms with E-state index in [4.69, 9.17) is 0 Å². The molecule has 3 nitrogen and oxygen atoms in total. The lowest BCUT2D eigenvalue weighted by atomic mass is 9.87. The van der Waals surface area contributed by atoms with Gasteiger partial charge in [0.2, 0.25) is 0 Å². The van der Waals surface area contributed by atoms with Gasteiger partial charge < -0.3 is 0 Å². The Hall–Kier alpha value is -0.600. The highest BCUT2D eigenvalue weighted by molar-refractivity contribution is 4.87. The van der Waals surface area contributed by atoms with Crippen molar-refractivity contribution in [1.29, 1.82) is 0 Å². The van der Waals surface area contributed by atoms with E-state index in [1.54, 1.807) is 0 Å². The van der Waals surface area contributed by atoms with Crippen molar-refractivity contribution in [3.8, 4) is 0 Å². The Morgan fingerprint density at radius 3 is 2.26 bits per heavy atom. The minimum absolute atomic E-state index is 0.385. The molecule has 19 heavy (non-hydrogen) atoms. The van der Waals surface area contributed by atoms with Gasteiger partial charge in [0.05, 0.1) is 12.1 Å². The van der Waals surface area contributed by atoms with Crippen LogP contribution in [0.25, 0.3) is 0 Å². The van der Waals surface area contributed by atoms with Gasteiger partial charge in [0.1, 0.15) is 0 Å². The van der Waals surface area contributed by atoms with Gasteiger partial charge in [0.15, 0.2) is 0 Å². The summed E-state index contributed by atoms with van der Waals surface area (Å²) in [4.78, 5) is 0. The molecule has 0 saturated heterocycles. The minimum atomic E-state index is 0.385. The first-order valence-corrected chi connectivity index (χ1v) is 8.10. The van der Waals surface area contributed by atoms with Crippen LogP contribution < -0.4 is 0 Å². The molecule has 0 aromatic carbocycles. The number of hydrogen-bond acceptors (Lipinski definition) is 3. The average molecular weight is 267 g/mol. The standard InChI is InChI=1S/C16H33N3/c1-12(2)10-8-7-9-11-19-15(6)16(17-18-19)14(5)13(3)4/h12-16H,7-11H2,1-6H3. The molecule has 0 amide bonds. The summed E-state index contributed by atoms with van der Waals surface area (Å²) in [5, 5.41) is 11.1. The third-order valence-electron chi connectivity index (χ3n) is 4.52. The van der Waals surface area contributed by atoms with Crippen LogP contribution in [0, 0.1) is 17.8 Å². The fraction of sp³-hybridized carbons (Fsp3) is 1.00. The molecule has 0 aromatic rings. The van der Waals surface area contributed by atoms with Crippen molar-refractivity contribution in [2.75, 3.05) is 6.54 Å². The van der Waals surface area contributed by atoms with Crippen LogP contribution in [0.1, 0.15) is 67.2 Å². The van der Waals surface area contributed by atoms with Crippen molar-refractivity contribution in [2.24, 2.45) is 28.1 Å². The molecule has 0 radical (unpaired) electrons. The van der Waals surface area contributed by atoms with E-state index in [9.17, 15) is 0 Å². The fourth-order valence-electron chi connectivity index (χ4n) is 2.67. The fourth-order valence-corrected chi connectivity index (χ4v) is 2.67. The van der Waals surface area contributed by atoms with E-state index >= 15 is 0 Å². The molecule has 3 unspecified atom stereocenters. The van der Waals surface area contributed by atoms with Gasteiger partial charge in [-0.15, -0.1) is 0 Å². The summed E-state index contributed by atoms with van der Waals surface area (Å²) >= 11 is 0. The SMILES string of the molecule is CC(C)CCCCCN1N=NC(C(C)C(C)C)C1C. The molecule has 0 bridgehead atoms. The van der Waals surface area contributed by atoms with Crippen molar-refractivity contribution in [1.82, 2.24) is 5.01 Å². The zero-order valence-electron chi connectivity index (χ0n) is 13.8. The largest absolute Gasteiger partial charge is 0.274 e. The predicted molar refractivity (Wildman–Crippen MR) is 82.1 cm³/mol. The van der Waals surface area contributed by atoms with Crippen LogP contribution in [0.3, 0.4) is 0 Å². The molecule has 112 valence electrons. The van der Waals surface area contributed by atoms with Gasteiger partial charge in [-0.25, -0.2) is 0 Å². The monoisotopic (exact) mass is 267 g/mol. The summed E-state index contributed by atoms with van der Waals surface area (Å²) in [6.07, 6.45) is 5.27. The second-order valence-corrected chi connectivity index (χ2v) is 6.95. The third-order valence-corrected chi connectivity index (χ3v) is 4.52. The van der Waals surface area contributed by atoms with Gasteiger partial charge in [-0.1, -0.05) is 59.1 Å². The highest BCUT2D eigenvalue weighted by atomic mass is 15.6. The first-order chi connectivity index (χ1) is 8.93. The minimum Gasteiger partial charge on any atom is -0.274 e. The van der Waals surface area contributed by atoms with E-state index in [2.05, 4.69) is 56.9 Å². The molecule has 1 heterocycles. The average Bonchev–Trinajstić information content (AvgIpc) is 2.69. The molecule has 0 spiro atoms. The van der Waals surface area contributed by atoms with Crippen LogP contribution in [0.15, 0.2) is 10.3 Å². The Balaban J connectivity index is 2.25. The molecule has 3 atom stereocenters. The lowest BCUT2D eigenvalue weighted by Gasteiger charge is -2.27. The lowest BCUT2D eigenvalue weighted by molar-refractivity contribution is 0.198. The Morgan fingerprint density at radius 2 is 1.68 bits per heavy atom. The van der Waals surface area contributed by atoms with Crippen molar-refractivity contribution in [3.63, 3.8) is 0 Å². The number of rotatable bonds is 8. The van der Waals surface area contributed by atoms with Crippen LogP contribution in [-0.2, 0) is 0 Å². The summed E-state index contributed by atoms with van der Waals surface area (Å²) in [6, 6.07) is 0.859. The molecular formula is C16H33N3. The van der Waals surface area contributed by atoms with Gasteiger partial charge in [0.25, 0.3) is 0 Å². The summed E-state index contributed by atoms with van der Waals surface area (Å²) in [7, 11) is 0. The third kappa shape index (κ3) is 5.12.